The molecule has 0 aromatic rings. The topological polar surface area (TPSA) is 0 Å². The van der Waals surface area contributed by atoms with Crippen molar-refractivity contribution in [1.82, 2.24) is 0 Å². The van der Waals surface area contributed by atoms with Gasteiger partial charge < -0.3 is 0 Å². The molecular weight excluding hydrogens is 546 g/mol. The van der Waals surface area contributed by atoms with Crippen molar-refractivity contribution in [1.29, 1.82) is 0 Å². The van der Waals surface area contributed by atoms with Crippen molar-refractivity contribution in [2.45, 2.75) is 0 Å². The van der Waals surface area contributed by atoms with Crippen molar-refractivity contribution in [2.24, 2.45) is 0 Å². The first-order chi connectivity index (χ1) is 0. The molecule has 0 aromatic heterocycles. The zero-order valence-corrected chi connectivity index (χ0v) is 22.7. The van der Waals surface area contributed by atoms with Gasteiger partial charge in [0.1, 0.15) is 0 Å². The predicted molar refractivity (Wildman–Crippen MR) is 62.8 cm³/mol. The van der Waals surface area contributed by atoms with Gasteiger partial charge in [-0.2, -0.15) is 0 Å². The molecule has 0 radical (unpaired) electrons. The summed E-state index contributed by atoms with van der Waals surface area (Å²) in [4.78, 5) is 0. The minimum atomic E-state index is 0. The fraction of sp³-hybridized carbons (Fsp3) is 0. The minimum absolute atomic E-state index is 0. The van der Waals surface area contributed by atoms with E-state index in [1.54, 1.807) is 0 Å². The first-order valence-corrected chi connectivity index (χ1v) is 0. The normalized spacial score (nSPS) is 0. The molecule has 0 spiro atoms. The van der Waals surface area contributed by atoms with E-state index in [0.717, 1.165) is 0 Å². The molecule has 0 saturated heterocycles. The van der Waals surface area contributed by atoms with Gasteiger partial charge in [-0.15, -0.1) is 0 Å². The van der Waals surface area contributed by atoms with Gasteiger partial charge in [0, 0.05) is 0 Å². The Kier molecular flexibility index (Phi) is 634. The summed E-state index contributed by atoms with van der Waals surface area (Å²) in [6, 6.07) is 0. The first-order valence-electron chi connectivity index (χ1n) is 0. The van der Waals surface area contributed by atoms with Gasteiger partial charge >= 0.3 is 145 Å². The fourth-order valence-electron chi connectivity index (χ4n) is 0. The Morgan fingerprint density at radius 1 is 0.375 bits per heavy atom. The monoisotopic (exact) mass is 558 g/mol. The van der Waals surface area contributed by atoms with Crippen LogP contribution in [0.1, 0.15) is 0 Å². The summed E-state index contributed by atoms with van der Waals surface area (Å²) < 4.78 is 0. The van der Waals surface area contributed by atoms with Crippen LogP contribution in [0.5, 0.6) is 0 Å². The Bertz CT molecular complexity index is 8.49. The molecule has 0 aromatic carbocycles. The molecule has 0 heterocycles. The third kappa shape index (κ3) is 46.7. The van der Waals surface area contributed by atoms with Crippen molar-refractivity contribution < 1.29 is 0 Å². The molecule has 0 bridgehead atoms. The molecule has 0 aliphatic rings. The van der Waals surface area contributed by atoms with Crippen molar-refractivity contribution in [3.63, 3.8) is 0 Å². The molecule has 0 nitrogen and oxygen atoms in total. The van der Waals surface area contributed by atoms with E-state index >= 15 is 0 Å². The van der Waals surface area contributed by atoms with Crippen LogP contribution in [0.4, 0.5) is 0 Å². The van der Waals surface area contributed by atoms with Gasteiger partial charge in [-0.3, -0.25) is 0 Å². The van der Waals surface area contributed by atoms with E-state index in [1.807, 2.05) is 0 Å². The Morgan fingerprint density at radius 3 is 0.375 bits per heavy atom. The SMILES string of the molecule is [Al+3].[AsH2-].[AsH2-].[AsH2-].[AsH2-].[AsH2-].[AsH2-].[Ga+3]. The third-order valence-electron chi connectivity index (χ3n) is 0. The molecule has 0 saturated carbocycles. The largest absolute Gasteiger partial charge is 3.00 e. The summed E-state index contributed by atoms with van der Waals surface area (Å²) in [5, 5.41) is 0. The molecule has 0 aliphatic carbocycles. The maximum Gasteiger partial charge on any atom is 3.00 e. The van der Waals surface area contributed by atoms with Crippen LogP contribution in [0.15, 0.2) is 0 Å². The summed E-state index contributed by atoms with van der Waals surface area (Å²) in [6.07, 6.45) is 0. The zero-order chi connectivity index (χ0) is 0. The molecule has 0 amide bonds. The fourth-order valence-corrected chi connectivity index (χ4v) is 0. The summed E-state index contributed by atoms with van der Waals surface area (Å²) in [5.41, 5.74) is 0. The van der Waals surface area contributed by atoms with Crippen LogP contribution >= 0.6 is 0 Å². The second kappa shape index (κ2) is 62.4. The average molecular weight is 558 g/mol. The zero-order valence-electron chi connectivity index (χ0n) is 4.62. The number of hydrogen-bond acceptors (Lipinski definition) is 0. The predicted octanol–water partition coefficient (Wildman–Crippen LogP) is -6.26. The van der Waals surface area contributed by atoms with Crippen LogP contribution in [0.25, 0.3) is 0 Å². The summed E-state index contributed by atoms with van der Waals surface area (Å²) in [7, 11) is 0. The van der Waals surface area contributed by atoms with Crippen LogP contribution in [0, 0.1) is 0 Å². The molecule has 48 valence electrons. The number of hydrogen-bond donors (Lipinski definition) is 0. The molecule has 0 N–H and O–H groups in total. The molecule has 0 unspecified atom stereocenters. The van der Waals surface area contributed by atoms with E-state index < -0.39 is 0 Å². The van der Waals surface area contributed by atoms with E-state index in [2.05, 4.69) is 0 Å². The average Bonchev–Trinajstić information content (AvgIpc) is 0. The summed E-state index contributed by atoms with van der Waals surface area (Å²) >= 11 is 0. The van der Waals surface area contributed by atoms with Crippen molar-refractivity contribution in [3.8, 4) is 0 Å². The number of rotatable bonds is 0. The van der Waals surface area contributed by atoms with E-state index in [4.69, 9.17) is 0 Å². The Balaban J connectivity index is 0. The van der Waals surface area contributed by atoms with Gasteiger partial charge in [-0.25, -0.2) is 0 Å². The van der Waals surface area contributed by atoms with E-state index in [9.17, 15) is 0 Å². The molecule has 0 fully saturated rings. The third-order valence-corrected chi connectivity index (χ3v) is 0. The summed E-state index contributed by atoms with van der Waals surface area (Å²) in [5.74, 6) is 0. The molecule has 8 heteroatoms. The van der Waals surface area contributed by atoms with Crippen LogP contribution in [0.3, 0.4) is 0 Å². The molecule has 8 heavy (non-hydrogen) atoms. The standard InChI is InChI=1S/Al.6AsH2.Ga/h;6*1H2;/q+3;6*-1;+3. The molecule has 0 atom stereocenters. The van der Waals surface area contributed by atoms with Crippen molar-refractivity contribution in [3.05, 3.63) is 0 Å². The summed E-state index contributed by atoms with van der Waals surface area (Å²) in [6.45, 7) is 0. The first kappa shape index (κ1) is 81.3. The van der Waals surface area contributed by atoms with Gasteiger partial charge in [0.15, 0.2) is 0 Å². The Hall–Kier alpha value is 4.52. The molecule has 0 rings (SSSR count). The van der Waals surface area contributed by atoms with E-state index in [-0.39, 0.29) is 145 Å². The van der Waals surface area contributed by atoms with Crippen LogP contribution in [-0.2, 0) is 0 Å². The maximum atomic E-state index is 0. The van der Waals surface area contributed by atoms with Crippen molar-refractivity contribution >= 4 is 145 Å². The van der Waals surface area contributed by atoms with Crippen LogP contribution in [-0.4, -0.2) is 145 Å². The van der Waals surface area contributed by atoms with Crippen LogP contribution in [0.2, 0.25) is 0 Å². The van der Waals surface area contributed by atoms with Gasteiger partial charge in [0.2, 0.25) is 0 Å². The van der Waals surface area contributed by atoms with E-state index in [1.165, 1.54) is 0 Å². The van der Waals surface area contributed by atoms with Crippen molar-refractivity contribution in [2.75, 3.05) is 0 Å². The second-order valence-electron chi connectivity index (χ2n) is 0. The Morgan fingerprint density at radius 2 is 0.375 bits per heavy atom. The smallest absolute Gasteiger partial charge is 3.00 e. The Labute approximate surface area is 142 Å². The van der Waals surface area contributed by atoms with Gasteiger partial charge in [-0.1, -0.05) is 0 Å². The van der Waals surface area contributed by atoms with Gasteiger partial charge in [0.05, 0.1) is 0 Å². The molecular formula is H12AlAs6Ga. The molecule has 0 aliphatic heterocycles. The minimum Gasteiger partial charge on any atom is 3.00 e. The van der Waals surface area contributed by atoms with E-state index in [0.29, 0.717) is 0 Å². The maximum absolute atomic E-state index is 0. The van der Waals surface area contributed by atoms with Crippen LogP contribution < -0.4 is 0 Å². The van der Waals surface area contributed by atoms with Gasteiger partial charge in [-0.05, 0) is 0 Å². The van der Waals surface area contributed by atoms with Gasteiger partial charge in [0.25, 0.3) is 0 Å². The second-order valence-corrected chi connectivity index (χ2v) is 0. The quantitative estimate of drug-likeness (QED) is 0.260.